The second-order valence-corrected chi connectivity index (χ2v) is 6.82. The van der Waals surface area contributed by atoms with Crippen LogP contribution in [0.2, 0.25) is 0 Å². The summed E-state index contributed by atoms with van der Waals surface area (Å²) in [4.78, 5) is 11.4. The maximum Gasteiger partial charge on any atom is 0.446 e. The molecule has 0 aromatic heterocycles. The first-order valence-corrected chi connectivity index (χ1v) is 7.25. The smallest absolute Gasteiger partial charge is 0.293 e. The third-order valence-corrected chi connectivity index (χ3v) is 4.29. The normalized spacial score (nSPS) is 13.5. The summed E-state index contributed by atoms with van der Waals surface area (Å²) in [6.45, 7) is 1.67. The van der Waals surface area contributed by atoms with Gasteiger partial charge in [-0.3, -0.25) is 4.79 Å². The van der Waals surface area contributed by atoms with Crippen molar-refractivity contribution in [3.05, 3.63) is 27.3 Å². The fourth-order valence-electron chi connectivity index (χ4n) is 1.09. The molecule has 0 saturated heterocycles. The number of carbonyl (C=O) groups is 1. The number of hydrogen-bond acceptors (Lipinski definition) is 2. The summed E-state index contributed by atoms with van der Waals surface area (Å²) in [6.07, 6.45) is 0. The minimum absolute atomic E-state index is 0.108. The van der Waals surface area contributed by atoms with E-state index in [1.54, 1.807) is 29.5 Å². The Morgan fingerprint density at radius 2 is 2.06 bits per heavy atom. The third-order valence-electron chi connectivity index (χ3n) is 1.80. The van der Waals surface area contributed by atoms with Crippen molar-refractivity contribution in [1.29, 1.82) is 0 Å². The molecule has 0 aliphatic heterocycles. The molecule has 1 rings (SSSR count). The van der Waals surface area contributed by atoms with Gasteiger partial charge in [-0.2, -0.15) is 13.2 Å². The predicted molar refractivity (Wildman–Crippen MR) is 73.8 cm³/mol. The van der Waals surface area contributed by atoms with Crippen molar-refractivity contribution in [1.82, 2.24) is 0 Å². The highest BCUT2D eigenvalue weighted by Crippen LogP contribution is 2.39. The van der Waals surface area contributed by atoms with Crippen LogP contribution in [-0.4, -0.2) is 16.1 Å². The molecule has 1 aromatic rings. The minimum Gasteiger partial charge on any atom is -0.293 e. The lowest BCUT2D eigenvalue weighted by Crippen LogP contribution is -2.10. The van der Waals surface area contributed by atoms with Crippen molar-refractivity contribution in [3.63, 3.8) is 0 Å². The molecule has 1 aromatic carbocycles. The summed E-state index contributed by atoms with van der Waals surface area (Å²) in [7, 11) is 0. The van der Waals surface area contributed by atoms with Gasteiger partial charge in [0.15, 0.2) is 5.78 Å². The minimum atomic E-state index is -4.31. The molecule has 0 aliphatic rings. The predicted octanol–water partition coefficient (Wildman–Crippen LogP) is 4.87. The molecule has 0 bridgehead atoms. The molecule has 0 fully saturated rings. The van der Waals surface area contributed by atoms with Crippen molar-refractivity contribution < 1.29 is 18.0 Å². The molecular formula is C10H7BrF3IOS. The van der Waals surface area contributed by atoms with E-state index < -0.39 is 5.51 Å². The summed E-state index contributed by atoms with van der Waals surface area (Å²) in [6, 6.07) is 4.20. The number of carbonyl (C=O) groups excluding carboxylic acids is 1. The Morgan fingerprint density at radius 3 is 2.47 bits per heavy atom. The quantitative estimate of drug-likeness (QED) is 0.290. The van der Waals surface area contributed by atoms with E-state index in [0.29, 0.717) is 9.13 Å². The molecule has 0 saturated carbocycles. The lowest BCUT2D eigenvalue weighted by Gasteiger charge is -2.09. The van der Waals surface area contributed by atoms with E-state index in [1.807, 2.05) is 0 Å². The maximum atomic E-state index is 12.2. The van der Waals surface area contributed by atoms with Crippen LogP contribution >= 0.6 is 50.3 Å². The molecule has 94 valence electrons. The van der Waals surface area contributed by atoms with Crippen LogP contribution in [0.15, 0.2) is 23.1 Å². The molecule has 1 atom stereocenters. The van der Waals surface area contributed by atoms with E-state index in [-0.39, 0.29) is 27.3 Å². The molecule has 17 heavy (non-hydrogen) atoms. The van der Waals surface area contributed by atoms with Crippen LogP contribution in [0.3, 0.4) is 0 Å². The van der Waals surface area contributed by atoms with Gasteiger partial charge in [0.05, 0.1) is 4.83 Å². The monoisotopic (exact) mass is 438 g/mol. The Balaban J connectivity index is 2.98. The van der Waals surface area contributed by atoms with E-state index in [2.05, 4.69) is 15.9 Å². The van der Waals surface area contributed by atoms with Crippen molar-refractivity contribution in [3.8, 4) is 0 Å². The molecule has 0 N–H and O–H groups in total. The number of halogens is 5. The summed E-state index contributed by atoms with van der Waals surface area (Å²) in [5, 5.41) is 0. The second-order valence-electron chi connectivity index (χ2n) is 3.17. The van der Waals surface area contributed by atoms with Gasteiger partial charge in [0.2, 0.25) is 0 Å². The fraction of sp³-hybridized carbons (Fsp3) is 0.300. The summed E-state index contributed by atoms with van der Waals surface area (Å²) in [5.41, 5.74) is -3.90. The average Bonchev–Trinajstić information content (AvgIpc) is 2.18. The molecule has 0 heterocycles. The van der Waals surface area contributed by atoms with Crippen molar-refractivity contribution in [2.75, 3.05) is 0 Å². The van der Waals surface area contributed by atoms with Crippen molar-refractivity contribution >= 4 is 56.1 Å². The Kier molecular flexibility index (Phi) is 5.33. The van der Waals surface area contributed by atoms with Crippen molar-refractivity contribution in [2.24, 2.45) is 0 Å². The van der Waals surface area contributed by atoms with Gasteiger partial charge >= 0.3 is 5.51 Å². The fourth-order valence-corrected chi connectivity index (χ4v) is 2.74. The number of Topliss-reactive ketones (excluding diaryl/α,β-unsaturated/α-hetero) is 1. The standard InChI is InChI=1S/C10H7BrF3IOS/c1-5(11)9(16)6-2-3-8(7(15)4-6)17-10(12,13)14/h2-5H,1H3. The van der Waals surface area contributed by atoms with Crippen LogP contribution in [0.5, 0.6) is 0 Å². The molecule has 1 nitrogen and oxygen atoms in total. The number of alkyl halides is 4. The van der Waals surface area contributed by atoms with Gasteiger partial charge < -0.3 is 0 Å². The van der Waals surface area contributed by atoms with E-state index in [1.165, 1.54) is 18.2 Å². The molecule has 0 amide bonds. The lowest BCUT2D eigenvalue weighted by atomic mass is 10.1. The largest absolute Gasteiger partial charge is 0.446 e. The number of hydrogen-bond donors (Lipinski definition) is 0. The maximum absolute atomic E-state index is 12.2. The third kappa shape index (κ3) is 4.78. The van der Waals surface area contributed by atoms with Gasteiger partial charge in [0.1, 0.15) is 0 Å². The number of benzene rings is 1. The highest BCUT2D eigenvalue weighted by molar-refractivity contribution is 14.1. The zero-order valence-corrected chi connectivity index (χ0v) is 13.1. The second kappa shape index (κ2) is 5.92. The molecule has 0 aliphatic carbocycles. The van der Waals surface area contributed by atoms with E-state index >= 15 is 0 Å². The van der Waals surface area contributed by atoms with Crippen molar-refractivity contribution in [2.45, 2.75) is 22.2 Å². The van der Waals surface area contributed by atoms with Crippen LogP contribution in [0.1, 0.15) is 17.3 Å². The summed E-state index contributed by atoms with van der Waals surface area (Å²) in [5.74, 6) is -0.147. The topological polar surface area (TPSA) is 17.1 Å². The first kappa shape index (κ1) is 15.3. The summed E-state index contributed by atoms with van der Waals surface area (Å²) >= 11 is 4.75. The van der Waals surface area contributed by atoms with Gasteiger partial charge in [-0.25, -0.2) is 0 Å². The zero-order valence-electron chi connectivity index (χ0n) is 8.52. The van der Waals surface area contributed by atoms with Gasteiger partial charge in [-0.05, 0) is 53.4 Å². The van der Waals surface area contributed by atoms with Gasteiger partial charge in [-0.1, -0.05) is 22.0 Å². The number of ketones is 1. The Labute approximate surface area is 123 Å². The average molecular weight is 439 g/mol. The zero-order chi connectivity index (χ0) is 13.2. The molecular weight excluding hydrogens is 432 g/mol. The molecule has 0 radical (unpaired) electrons. The van der Waals surface area contributed by atoms with E-state index in [4.69, 9.17) is 0 Å². The summed E-state index contributed by atoms with van der Waals surface area (Å²) < 4.78 is 37.0. The first-order valence-electron chi connectivity index (χ1n) is 4.44. The molecule has 1 unspecified atom stereocenters. The SMILES string of the molecule is CC(Br)C(=O)c1ccc(SC(F)(F)F)c(I)c1. The highest BCUT2D eigenvalue weighted by Gasteiger charge is 2.30. The Bertz CT molecular complexity index is 434. The van der Waals surface area contributed by atoms with Crippen LogP contribution in [-0.2, 0) is 0 Å². The van der Waals surface area contributed by atoms with Crippen LogP contribution in [0.25, 0.3) is 0 Å². The highest BCUT2D eigenvalue weighted by atomic mass is 127. The Hall–Kier alpha value is 0.240. The Morgan fingerprint density at radius 1 is 1.47 bits per heavy atom. The van der Waals surface area contributed by atoms with E-state index in [9.17, 15) is 18.0 Å². The first-order chi connectivity index (χ1) is 7.70. The van der Waals surface area contributed by atoms with Gasteiger partial charge in [0.25, 0.3) is 0 Å². The lowest BCUT2D eigenvalue weighted by molar-refractivity contribution is -0.0328. The number of rotatable bonds is 3. The molecule has 7 heteroatoms. The van der Waals surface area contributed by atoms with Crippen LogP contribution in [0, 0.1) is 3.57 Å². The molecule has 0 spiro atoms. The van der Waals surface area contributed by atoms with Crippen LogP contribution < -0.4 is 0 Å². The van der Waals surface area contributed by atoms with Gasteiger partial charge in [0, 0.05) is 14.0 Å². The van der Waals surface area contributed by atoms with E-state index in [0.717, 1.165) is 0 Å². The number of thioether (sulfide) groups is 1. The van der Waals surface area contributed by atoms with Crippen LogP contribution in [0.4, 0.5) is 13.2 Å². The van der Waals surface area contributed by atoms with Gasteiger partial charge in [-0.15, -0.1) is 0 Å².